The molecule has 0 aliphatic carbocycles. The number of carbonyl (C=O) groups is 1. The highest BCUT2D eigenvalue weighted by atomic mass is 32.2. The molecule has 1 aliphatic rings. The number of esters is 1. The maximum Gasteiger partial charge on any atom is 0.338 e. The van der Waals surface area contributed by atoms with Gasteiger partial charge in [0, 0.05) is 17.5 Å². The van der Waals surface area contributed by atoms with Crippen LogP contribution in [0, 0.1) is 24.0 Å². The molecule has 44 heavy (non-hydrogen) atoms. The van der Waals surface area contributed by atoms with Gasteiger partial charge in [0.1, 0.15) is 5.75 Å². The monoisotopic (exact) mass is 631 g/mol. The number of nitrogens with zero attached hydrogens (tertiary/aromatic N) is 5. The SMILES string of the molecule is COc1cccc([C@@H]2C(C(=O)OC(C)C)=C(C)N=c3s/c(=C\c4ccc(Sc5nc(C)cc(C)n5)c([N+](=O)[O-])c4)c(=O)n32)c1. The Balaban J connectivity index is 1.62. The fraction of sp³-hybridized carbons (Fsp3) is 0.258. The zero-order valence-electron chi connectivity index (χ0n) is 24.9. The first-order valence-electron chi connectivity index (χ1n) is 13.6. The molecule has 3 heterocycles. The molecule has 0 bridgehead atoms. The molecule has 1 atom stereocenters. The summed E-state index contributed by atoms with van der Waals surface area (Å²) in [6.45, 7) is 8.88. The molecule has 2 aromatic heterocycles. The number of hydrogen-bond donors (Lipinski definition) is 0. The highest BCUT2D eigenvalue weighted by molar-refractivity contribution is 7.99. The van der Waals surface area contributed by atoms with Crippen molar-refractivity contribution in [1.29, 1.82) is 0 Å². The average Bonchev–Trinajstić information content (AvgIpc) is 3.25. The van der Waals surface area contributed by atoms with Gasteiger partial charge in [-0.3, -0.25) is 19.5 Å². The van der Waals surface area contributed by atoms with Crippen molar-refractivity contribution in [3.63, 3.8) is 0 Å². The topological polar surface area (TPSA) is 139 Å². The second-order valence-corrected chi connectivity index (χ2v) is 12.4. The summed E-state index contributed by atoms with van der Waals surface area (Å²) in [5.41, 5.74) is 2.78. The van der Waals surface area contributed by atoms with Crippen molar-refractivity contribution in [2.75, 3.05) is 7.11 Å². The van der Waals surface area contributed by atoms with E-state index in [0.717, 1.165) is 34.5 Å². The number of rotatable bonds is 8. The summed E-state index contributed by atoms with van der Waals surface area (Å²) in [7, 11) is 1.54. The Morgan fingerprint density at radius 2 is 1.84 bits per heavy atom. The lowest BCUT2D eigenvalue weighted by Gasteiger charge is -2.25. The number of carbonyl (C=O) groups excluding carboxylic acids is 1. The van der Waals surface area contributed by atoms with Crippen LogP contribution in [0.2, 0.25) is 0 Å². The van der Waals surface area contributed by atoms with Crippen LogP contribution in [0.1, 0.15) is 49.3 Å². The van der Waals surface area contributed by atoms with E-state index in [9.17, 15) is 19.7 Å². The molecular weight excluding hydrogens is 603 g/mol. The Hall–Kier alpha value is -4.62. The van der Waals surface area contributed by atoms with Crippen molar-refractivity contribution in [3.8, 4) is 5.75 Å². The third kappa shape index (κ3) is 6.33. The zero-order valence-corrected chi connectivity index (χ0v) is 26.5. The average molecular weight is 632 g/mol. The number of thiazole rings is 1. The summed E-state index contributed by atoms with van der Waals surface area (Å²) in [6.07, 6.45) is 1.21. The fourth-order valence-electron chi connectivity index (χ4n) is 4.83. The number of benzene rings is 2. The van der Waals surface area contributed by atoms with Gasteiger partial charge in [-0.1, -0.05) is 29.5 Å². The minimum atomic E-state index is -0.819. The number of aryl methyl sites for hydroxylation is 2. The van der Waals surface area contributed by atoms with Crippen molar-refractivity contribution >= 4 is 40.8 Å². The predicted molar refractivity (Wildman–Crippen MR) is 167 cm³/mol. The Bertz CT molecular complexity index is 1990. The van der Waals surface area contributed by atoms with E-state index in [0.29, 0.717) is 42.0 Å². The lowest BCUT2D eigenvalue weighted by molar-refractivity contribution is -0.387. The number of hydrogen-bond acceptors (Lipinski definition) is 11. The number of methoxy groups -OCH3 is 1. The quantitative estimate of drug-likeness (QED) is 0.118. The molecule has 0 fully saturated rings. The van der Waals surface area contributed by atoms with E-state index in [-0.39, 0.29) is 17.4 Å². The summed E-state index contributed by atoms with van der Waals surface area (Å²) in [5, 5.41) is 12.4. The number of nitro groups is 1. The maximum absolute atomic E-state index is 14.0. The lowest BCUT2D eigenvalue weighted by Crippen LogP contribution is -2.40. The van der Waals surface area contributed by atoms with Crippen LogP contribution in [0.25, 0.3) is 6.08 Å². The van der Waals surface area contributed by atoms with Gasteiger partial charge in [-0.25, -0.2) is 19.8 Å². The standard InChI is InChI=1S/C31H29N5O6S2/c1-16(2)42-29(38)26-19(5)34-31-35(27(26)21-8-7-9-22(15-21)41-6)28(37)25(44-31)14-20-10-11-24(23(13-20)36(39)40)43-30-32-17(3)12-18(4)33-30/h7-16,27H,1-6H3/b25-14-/t27-/m1/s1. The first-order chi connectivity index (χ1) is 20.9. The second-order valence-electron chi connectivity index (χ2n) is 10.3. The van der Waals surface area contributed by atoms with Crippen molar-refractivity contribution in [1.82, 2.24) is 14.5 Å². The molecule has 0 saturated heterocycles. The molecule has 4 aromatic rings. The molecule has 0 unspecified atom stereocenters. The van der Waals surface area contributed by atoms with Gasteiger partial charge in [0.2, 0.25) is 0 Å². The van der Waals surface area contributed by atoms with Crippen LogP contribution in [0.15, 0.2) is 79.6 Å². The van der Waals surface area contributed by atoms with Gasteiger partial charge in [0.15, 0.2) is 9.96 Å². The van der Waals surface area contributed by atoms with Crippen LogP contribution in [0.3, 0.4) is 0 Å². The lowest BCUT2D eigenvalue weighted by atomic mass is 9.95. The summed E-state index contributed by atoms with van der Waals surface area (Å²) >= 11 is 2.24. The van der Waals surface area contributed by atoms with Gasteiger partial charge in [-0.05, 0) is 87.8 Å². The Morgan fingerprint density at radius 1 is 1.11 bits per heavy atom. The summed E-state index contributed by atoms with van der Waals surface area (Å²) in [5.74, 6) is -0.00723. The largest absolute Gasteiger partial charge is 0.497 e. The minimum absolute atomic E-state index is 0.136. The van der Waals surface area contributed by atoms with E-state index in [2.05, 4.69) is 15.0 Å². The number of ether oxygens (including phenoxy) is 2. The van der Waals surface area contributed by atoms with E-state index in [1.54, 1.807) is 57.2 Å². The molecule has 0 amide bonds. The molecule has 2 aromatic carbocycles. The number of nitro benzene ring substituents is 1. The van der Waals surface area contributed by atoms with E-state index >= 15 is 0 Å². The van der Waals surface area contributed by atoms with Crippen LogP contribution in [0.5, 0.6) is 5.75 Å². The summed E-state index contributed by atoms with van der Waals surface area (Å²) in [4.78, 5) is 53.0. The van der Waals surface area contributed by atoms with E-state index in [4.69, 9.17) is 9.47 Å². The van der Waals surface area contributed by atoms with Crippen molar-refractivity contribution < 1.29 is 19.2 Å². The fourth-order valence-corrected chi connectivity index (χ4v) is 6.83. The van der Waals surface area contributed by atoms with Crippen LogP contribution in [-0.2, 0) is 9.53 Å². The van der Waals surface area contributed by atoms with Crippen LogP contribution in [-0.4, -0.2) is 38.6 Å². The maximum atomic E-state index is 14.0. The number of fused-ring (bicyclic) bond motifs is 1. The van der Waals surface area contributed by atoms with Crippen molar-refractivity contribution in [3.05, 3.63) is 112 Å². The molecule has 5 rings (SSSR count). The van der Waals surface area contributed by atoms with Crippen LogP contribution >= 0.6 is 23.1 Å². The Morgan fingerprint density at radius 3 is 2.50 bits per heavy atom. The first-order valence-corrected chi connectivity index (χ1v) is 15.2. The van der Waals surface area contributed by atoms with Gasteiger partial charge in [-0.2, -0.15) is 0 Å². The van der Waals surface area contributed by atoms with Gasteiger partial charge >= 0.3 is 5.97 Å². The molecule has 0 spiro atoms. The molecule has 0 saturated carbocycles. The summed E-state index contributed by atoms with van der Waals surface area (Å²) in [6, 6.07) is 12.9. The van der Waals surface area contributed by atoms with Crippen molar-refractivity contribution in [2.24, 2.45) is 4.99 Å². The highest BCUT2D eigenvalue weighted by Gasteiger charge is 2.34. The van der Waals surface area contributed by atoms with Crippen LogP contribution in [0.4, 0.5) is 5.69 Å². The summed E-state index contributed by atoms with van der Waals surface area (Å²) < 4.78 is 12.7. The highest BCUT2D eigenvalue weighted by Crippen LogP contribution is 2.35. The Labute approximate surface area is 260 Å². The first kappa shape index (κ1) is 30.8. The Kier molecular flexibility index (Phi) is 8.79. The molecule has 1 aliphatic heterocycles. The number of allylic oxidation sites excluding steroid dienone is 1. The van der Waals surface area contributed by atoms with Crippen molar-refractivity contribution in [2.45, 2.75) is 56.8 Å². The van der Waals surface area contributed by atoms with Gasteiger partial charge in [0.25, 0.3) is 11.2 Å². The van der Waals surface area contributed by atoms with Gasteiger partial charge in [0.05, 0.1) is 44.9 Å². The molecule has 0 radical (unpaired) electrons. The molecule has 11 nitrogen and oxygen atoms in total. The normalized spacial score (nSPS) is 14.8. The zero-order chi connectivity index (χ0) is 31.7. The third-order valence-corrected chi connectivity index (χ3v) is 8.55. The van der Waals surface area contributed by atoms with E-state index in [1.165, 1.54) is 17.7 Å². The van der Waals surface area contributed by atoms with E-state index in [1.807, 2.05) is 26.0 Å². The molecular formula is C31H29N5O6S2. The molecule has 13 heteroatoms. The van der Waals surface area contributed by atoms with Crippen LogP contribution < -0.4 is 19.6 Å². The smallest absolute Gasteiger partial charge is 0.338 e. The third-order valence-electron chi connectivity index (χ3n) is 6.63. The molecule has 0 N–H and O–H groups in total. The predicted octanol–water partition coefficient (Wildman–Crippen LogP) is 4.66. The van der Waals surface area contributed by atoms with Gasteiger partial charge in [-0.15, -0.1) is 0 Å². The van der Waals surface area contributed by atoms with Gasteiger partial charge < -0.3 is 9.47 Å². The van der Waals surface area contributed by atoms with E-state index < -0.39 is 22.5 Å². The second kappa shape index (κ2) is 12.5. The minimum Gasteiger partial charge on any atom is -0.497 e. The number of aromatic nitrogens is 3. The molecule has 226 valence electrons.